The normalized spacial score (nSPS) is 13.1. The Labute approximate surface area is 134 Å². The zero-order valence-electron chi connectivity index (χ0n) is 12.4. The van der Waals surface area contributed by atoms with E-state index in [0.29, 0.717) is 11.3 Å². The Hall–Kier alpha value is -1.85. The van der Waals surface area contributed by atoms with Crippen molar-refractivity contribution >= 4 is 29.1 Å². The van der Waals surface area contributed by atoms with Crippen LogP contribution in [0.2, 0.25) is 0 Å². The minimum absolute atomic E-state index is 0. The molecule has 0 aliphatic heterocycles. The highest BCUT2D eigenvalue weighted by molar-refractivity contribution is 5.92. The number of nitrogens with two attached hydrogens (primary N) is 1. The number of halogens is 2. The Balaban J connectivity index is 0.00000242. The third kappa shape index (κ3) is 3.48. The number of esters is 1. The van der Waals surface area contributed by atoms with Crippen LogP contribution in [-0.4, -0.2) is 25.9 Å². The van der Waals surface area contributed by atoms with Crippen LogP contribution in [0.15, 0.2) is 36.4 Å². The summed E-state index contributed by atoms with van der Waals surface area (Å²) >= 11 is 0. The van der Waals surface area contributed by atoms with Gasteiger partial charge >= 0.3 is 5.97 Å². The minimum Gasteiger partial charge on any atom is -0.496 e. The van der Waals surface area contributed by atoms with E-state index in [1.807, 2.05) is 24.3 Å². The Bertz CT molecular complexity index is 650. The van der Waals surface area contributed by atoms with Gasteiger partial charge in [0.05, 0.1) is 19.8 Å². The molecule has 22 heavy (non-hydrogen) atoms. The molecule has 0 heterocycles. The molecule has 4 nitrogen and oxygen atoms in total. The molecule has 0 saturated carbocycles. The molecule has 2 atom stereocenters. The fraction of sp³-hybridized carbons (Fsp3) is 0.312. The quantitative estimate of drug-likeness (QED) is 0.857. The van der Waals surface area contributed by atoms with E-state index in [1.165, 1.54) is 0 Å². The molecule has 0 aromatic heterocycles. The number of hydrogen-bond donors (Lipinski definition) is 1. The average molecular weight is 328 g/mol. The molecule has 0 spiro atoms. The highest BCUT2D eigenvalue weighted by Gasteiger charge is 2.29. The molecule has 0 saturated heterocycles. The highest BCUT2D eigenvalue weighted by atomic mass is 35.5. The summed E-state index contributed by atoms with van der Waals surface area (Å²) in [4.78, 5) is 11.5. The van der Waals surface area contributed by atoms with E-state index in [1.54, 1.807) is 26.2 Å². The highest BCUT2D eigenvalue weighted by Crippen LogP contribution is 2.32. The monoisotopic (exact) mass is 327 g/mol. The first-order chi connectivity index (χ1) is 10.1. The van der Waals surface area contributed by atoms with Gasteiger partial charge < -0.3 is 15.2 Å². The van der Waals surface area contributed by atoms with Gasteiger partial charge in [0.15, 0.2) is 0 Å². The lowest BCUT2D eigenvalue weighted by Gasteiger charge is -2.18. The number of hydrogen-bond acceptors (Lipinski definition) is 4. The zero-order chi connectivity index (χ0) is 15.4. The molecule has 2 aromatic rings. The Morgan fingerprint density at radius 3 is 2.45 bits per heavy atom. The van der Waals surface area contributed by atoms with Crippen LogP contribution in [0, 0.1) is 0 Å². The SMILES string of the molecule is CCOC(=O)C(F)[C@H](N)c1ccc(OC)c2ccccc12.Cl. The fourth-order valence-corrected chi connectivity index (χ4v) is 2.29. The predicted molar refractivity (Wildman–Crippen MR) is 86.2 cm³/mol. The number of alkyl halides is 1. The molecule has 0 bridgehead atoms. The van der Waals surface area contributed by atoms with Crippen LogP contribution in [0.3, 0.4) is 0 Å². The van der Waals surface area contributed by atoms with Gasteiger partial charge in [-0.2, -0.15) is 0 Å². The van der Waals surface area contributed by atoms with Gasteiger partial charge in [0.25, 0.3) is 0 Å². The first-order valence-electron chi connectivity index (χ1n) is 6.72. The van der Waals surface area contributed by atoms with Gasteiger partial charge in [0, 0.05) is 5.39 Å². The van der Waals surface area contributed by atoms with Gasteiger partial charge in [-0.3, -0.25) is 0 Å². The molecule has 0 aliphatic carbocycles. The van der Waals surface area contributed by atoms with Crippen molar-refractivity contribution in [2.24, 2.45) is 5.73 Å². The minimum atomic E-state index is -1.90. The Kier molecular flexibility index (Phi) is 6.59. The molecule has 0 fully saturated rings. The van der Waals surface area contributed by atoms with Crippen molar-refractivity contribution in [3.8, 4) is 5.75 Å². The molecule has 0 radical (unpaired) electrons. The molecule has 6 heteroatoms. The summed E-state index contributed by atoms with van der Waals surface area (Å²) in [5, 5.41) is 1.58. The van der Waals surface area contributed by atoms with E-state index >= 15 is 0 Å². The fourth-order valence-electron chi connectivity index (χ4n) is 2.29. The predicted octanol–water partition coefficient (Wildman–Crippen LogP) is 3.17. The second kappa shape index (κ2) is 7.96. The number of carbonyl (C=O) groups is 1. The first-order valence-corrected chi connectivity index (χ1v) is 6.72. The second-order valence-corrected chi connectivity index (χ2v) is 4.58. The van der Waals surface area contributed by atoms with Crippen LogP contribution in [0.4, 0.5) is 4.39 Å². The Morgan fingerprint density at radius 1 is 1.23 bits per heavy atom. The van der Waals surface area contributed by atoms with Crippen molar-refractivity contribution < 1.29 is 18.7 Å². The molecular weight excluding hydrogens is 309 g/mol. The largest absolute Gasteiger partial charge is 0.496 e. The van der Waals surface area contributed by atoms with Crippen molar-refractivity contribution in [3.63, 3.8) is 0 Å². The zero-order valence-corrected chi connectivity index (χ0v) is 13.2. The lowest BCUT2D eigenvalue weighted by atomic mass is 9.96. The summed E-state index contributed by atoms with van der Waals surface area (Å²) in [6.45, 7) is 1.74. The summed E-state index contributed by atoms with van der Waals surface area (Å²) in [7, 11) is 1.57. The van der Waals surface area contributed by atoms with Crippen molar-refractivity contribution in [1.29, 1.82) is 0 Å². The Morgan fingerprint density at radius 2 is 1.86 bits per heavy atom. The molecule has 120 valence electrons. The molecule has 2 N–H and O–H groups in total. The molecule has 2 aromatic carbocycles. The molecule has 0 aliphatic rings. The summed E-state index contributed by atoms with van der Waals surface area (Å²) in [5.74, 6) is -0.266. The lowest BCUT2D eigenvalue weighted by Crippen LogP contribution is -2.31. The molecule has 0 amide bonds. The van der Waals surface area contributed by atoms with Crippen molar-refractivity contribution in [3.05, 3.63) is 42.0 Å². The standard InChI is InChI=1S/C16H18FNO3.ClH/c1-3-21-16(19)14(17)15(18)12-8-9-13(20-2)11-7-5-4-6-10(11)12;/h4-9,14-15H,3,18H2,1-2H3;1H/t14?,15-;/m1./s1. The van der Waals surface area contributed by atoms with Gasteiger partial charge in [0.2, 0.25) is 6.17 Å². The number of methoxy groups -OCH3 is 1. The van der Waals surface area contributed by atoms with E-state index in [9.17, 15) is 9.18 Å². The summed E-state index contributed by atoms with van der Waals surface area (Å²) in [6, 6.07) is 9.69. The first kappa shape index (κ1) is 18.2. The summed E-state index contributed by atoms with van der Waals surface area (Å²) in [6.07, 6.45) is -1.90. The van der Waals surface area contributed by atoms with E-state index in [2.05, 4.69) is 4.74 Å². The number of rotatable bonds is 5. The number of carbonyl (C=O) groups excluding carboxylic acids is 1. The van der Waals surface area contributed by atoms with Crippen LogP contribution in [0.1, 0.15) is 18.5 Å². The third-order valence-electron chi connectivity index (χ3n) is 3.32. The number of fused-ring (bicyclic) bond motifs is 1. The van der Waals surface area contributed by atoms with E-state index < -0.39 is 18.2 Å². The number of ether oxygens (including phenoxy) is 2. The second-order valence-electron chi connectivity index (χ2n) is 4.58. The van der Waals surface area contributed by atoms with Gasteiger partial charge in [-0.15, -0.1) is 12.4 Å². The van der Waals surface area contributed by atoms with E-state index in [4.69, 9.17) is 10.5 Å². The van der Waals surface area contributed by atoms with E-state index in [-0.39, 0.29) is 19.0 Å². The van der Waals surface area contributed by atoms with Crippen molar-refractivity contribution in [2.45, 2.75) is 19.1 Å². The maximum atomic E-state index is 14.1. The topological polar surface area (TPSA) is 61.5 Å². The average Bonchev–Trinajstić information content (AvgIpc) is 2.52. The van der Waals surface area contributed by atoms with E-state index in [0.717, 1.165) is 10.8 Å². The van der Waals surface area contributed by atoms with Gasteiger partial charge in [0.1, 0.15) is 5.75 Å². The van der Waals surface area contributed by atoms with Crippen molar-refractivity contribution in [2.75, 3.05) is 13.7 Å². The smallest absolute Gasteiger partial charge is 0.342 e. The van der Waals surface area contributed by atoms with Gasteiger partial charge in [-0.1, -0.05) is 30.3 Å². The summed E-state index contributed by atoms with van der Waals surface area (Å²) in [5.41, 5.74) is 6.46. The van der Waals surface area contributed by atoms with Crippen LogP contribution >= 0.6 is 12.4 Å². The van der Waals surface area contributed by atoms with Crippen molar-refractivity contribution in [1.82, 2.24) is 0 Å². The molecular formula is C16H19ClFNO3. The maximum Gasteiger partial charge on any atom is 0.342 e. The van der Waals surface area contributed by atoms with Crippen LogP contribution in [0.25, 0.3) is 10.8 Å². The molecule has 1 unspecified atom stereocenters. The number of benzene rings is 2. The lowest BCUT2D eigenvalue weighted by molar-refractivity contribution is -0.149. The van der Waals surface area contributed by atoms with Gasteiger partial charge in [-0.25, -0.2) is 9.18 Å². The molecule has 2 rings (SSSR count). The maximum absolute atomic E-state index is 14.1. The van der Waals surface area contributed by atoms with Gasteiger partial charge in [-0.05, 0) is 23.9 Å². The summed E-state index contributed by atoms with van der Waals surface area (Å²) < 4.78 is 24.1. The van der Waals surface area contributed by atoms with Crippen LogP contribution in [0.5, 0.6) is 5.75 Å². The third-order valence-corrected chi connectivity index (χ3v) is 3.32. The van der Waals surface area contributed by atoms with Crippen LogP contribution in [-0.2, 0) is 9.53 Å². The van der Waals surface area contributed by atoms with Crippen LogP contribution < -0.4 is 10.5 Å².